The van der Waals surface area contributed by atoms with Crippen LogP contribution in [0.4, 0.5) is 27.5 Å². The van der Waals surface area contributed by atoms with Crippen molar-refractivity contribution in [2.75, 3.05) is 31.3 Å². The van der Waals surface area contributed by atoms with Crippen LogP contribution in [0.5, 0.6) is 0 Å². The van der Waals surface area contributed by atoms with Crippen LogP contribution in [0.1, 0.15) is 5.69 Å². The van der Waals surface area contributed by atoms with E-state index < -0.39 is 10.8 Å². The van der Waals surface area contributed by atoms with E-state index in [0.29, 0.717) is 56.0 Å². The molecule has 0 aliphatic carbocycles. The molecule has 0 aliphatic heterocycles. The summed E-state index contributed by atoms with van der Waals surface area (Å²) in [6.07, 6.45) is 7.24. The van der Waals surface area contributed by atoms with Gasteiger partial charge < -0.3 is 30.2 Å². The molecule has 0 unspecified atom stereocenters. The van der Waals surface area contributed by atoms with Gasteiger partial charge in [0.15, 0.2) is 5.69 Å². The summed E-state index contributed by atoms with van der Waals surface area (Å²) in [6, 6.07) is 6.13. The van der Waals surface area contributed by atoms with Gasteiger partial charge in [-0.05, 0) is 56.2 Å². The number of anilines is 3. The molecule has 0 radical (unpaired) electrons. The number of nitrogens with zero attached hydrogens (tertiary/aromatic N) is 6. The molecule has 0 fully saturated rings. The second-order valence-electron chi connectivity index (χ2n) is 8.69. The molecule has 12 nitrogen and oxygen atoms in total. The monoisotopic (exact) mass is 570 g/mol. The molecular weight excluding hydrogens is 549 g/mol. The zero-order valence-electron chi connectivity index (χ0n) is 19.8. The number of carbonyl (C=O) groups excluding carboxylic acids is 1. The number of amides is 1. The van der Waals surface area contributed by atoms with Crippen molar-refractivity contribution in [2.24, 2.45) is 0 Å². The number of quaternary nitrogens is 1. The number of aromatic amines is 1. The average molecular weight is 571 g/mol. The smallest absolute Gasteiger partial charge is 0.358 e. The van der Waals surface area contributed by atoms with E-state index in [1.54, 1.807) is 24.3 Å². The van der Waals surface area contributed by atoms with Gasteiger partial charge in [-0.15, -0.1) is 0 Å². The number of nitrogens with one attached hydrogen (secondary N) is 3. The van der Waals surface area contributed by atoms with Gasteiger partial charge in [-0.3, -0.25) is 4.79 Å². The van der Waals surface area contributed by atoms with Gasteiger partial charge in [-0.25, -0.2) is 19.3 Å². The summed E-state index contributed by atoms with van der Waals surface area (Å²) in [4.78, 5) is 42.3. The minimum atomic E-state index is -0.531. The number of hydrogen-bond donors (Lipinski definition) is 3. The Morgan fingerprint density at radius 1 is 1.24 bits per heavy atom. The Kier molecular flexibility index (Phi) is 7.50. The molecular formula is C23H22BrFN9O3+. The number of halogens is 2. The van der Waals surface area contributed by atoms with Gasteiger partial charge in [0.25, 0.3) is 0 Å². The Hall–Kier alpha value is -4.30. The molecule has 0 saturated carbocycles. The fourth-order valence-electron chi connectivity index (χ4n) is 3.53. The predicted octanol–water partition coefficient (Wildman–Crippen LogP) is 4.07. The number of benzene rings is 1. The van der Waals surface area contributed by atoms with Crippen molar-refractivity contribution in [2.45, 2.75) is 6.54 Å². The van der Waals surface area contributed by atoms with Gasteiger partial charge >= 0.3 is 5.82 Å². The fourth-order valence-corrected chi connectivity index (χ4v) is 3.91. The lowest BCUT2D eigenvalue weighted by molar-refractivity contribution is -0.898. The topological polar surface area (TPSA) is 152 Å². The summed E-state index contributed by atoms with van der Waals surface area (Å²) < 4.78 is 14.2. The Balaban J connectivity index is 1.43. The highest BCUT2D eigenvalue weighted by Crippen LogP contribution is 2.27. The lowest BCUT2D eigenvalue weighted by atomic mass is 10.2. The quantitative estimate of drug-likeness (QED) is 0.118. The Labute approximate surface area is 218 Å². The van der Waals surface area contributed by atoms with Crippen LogP contribution in [-0.4, -0.2) is 60.9 Å². The van der Waals surface area contributed by atoms with E-state index in [1.807, 2.05) is 14.1 Å². The largest absolute Gasteiger partial charge is 0.390 e. The van der Waals surface area contributed by atoms with Crippen molar-refractivity contribution in [3.63, 3.8) is 0 Å². The molecule has 37 heavy (non-hydrogen) atoms. The third kappa shape index (κ3) is 6.48. The van der Waals surface area contributed by atoms with Crippen molar-refractivity contribution in [3.8, 4) is 0 Å². The second-order valence-corrected chi connectivity index (χ2v) is 9.55. The van der Waals surface area contributed by atoms with Gasteiger partial charge in [0.05, 0.1) is 36.8 Å². The summed E-state index contributed by atoms with van der Waals surface area (Å²) in [6.45, 7) is 0.763. The first-order valence-electron chi connectivity index (χ1n) is 10.9. The zero-order chi connectivity index (χ0) is 26.6. The van der Waals surface area contributed by atoms with Gasteiger partial charge in [0, 0.05) is 17.1 Å². The summed E-state index contributed by atoms with van der Waals surface area (Å²) in [5, 5.41) is 17.5. The van der Waals surface area contributed by atoms with Crippen molar-refractivity contribution in [1.82, 2.24) is 24.9 Å². The van der Waals surface area contributed by atoms with Crippen molar-refractivity contribution >= 4 is 55.9 Å². The number of nitro groups is 1. The van der Waals surface area contributed by atoms with Crippen LogP contribution in [0.3, 0.4) is 0 Å². The first kappa shape index (κ1) is 25.8. The number of imidazole rings is 1. The second kappa shape index (κ2) is 10.8. The van der Waals surface area contributed by atoms with Crippen LogP contribution in [-0.2, 0) is 11.3 Å². The van der Waals surface area contributed by atoms with Crippen molar-refractivity contribution in [3.05, 3.63) is 81.4 Å². The van der Waals surface area contributed by atoms with Gasteiger partial charge in [0.1, 0.15) is 30.3 Å². The standard InChI is InChI=1S/C23H21BrFN9O3/c1-34(2,11-19-23(33(36)37)30-13-28-19)7-3-4-21(35)32-20-9-15-18(10-26-20)27-12-29-22(15)31-14-5-6-17(25)16(24)8-14/h3-6,8-10,12-13H,7,11H2,1-2H3,(H2-,26,27,28,29,30,31,32,35)/p+1/b4-3+. The number of fused-ring (bicyclic) bond motifs is 1. The van der Waals surface area contributed by atoms with Crippen LogP contribution >= 0.6 is 15.9 Å². The van der Waals surface area contributed by atoms with E-state index >= 15 is 0 Å². The van der Waals surface area contributed by atoms with E-state index in [4.69, 9.17) is 0 Å². The maximum Gasteiger partial charge on any atom is 0.390 e. The number of H-pyrrole nitrogens is 1. The highest BCUT2D eigenvalue weighted by Gasteiger charge is 2.24. The minimum absolute atomic E-state index is 0.208. The highest BCUT2D eigenvalue weighted by atomic mass is 79.9. The van der Waals surface area contributed by atoms with Gasteiger partial charge in [-0.1, -0.05) is 0 Å². The highest BCUT2D eigenvalue weighted by molar-refractivity contribution is 9.10. The lowest BCUT2D eigenvalue weighted by Crippen LogP contribution is -2.39. The lowest BCUT2D eigenvalue weighted by Gasteiger charge is -2.27. The molecule has 3 heterocycles. The van der Waals surface area contributed by atoms with Crippen LogP contribution in [0.25, 0.3) is 10.9 Å². The summed E-state index contributed by atoms with van der Waals surface area (Å²) in [5.74, 6) is -0.232. The molecule has 1 aromatic carbocycles. The number of carbonyl (C=O) groups is 1. The molecule has 1 amide bonds. The van der Waals surface area contributed by atoms with E-state index in [0.717, 1.165) is 0 Å². The SMILES string of the molecule is C[N+](C)(C/C=C/C(=O)Nc1cc2c(Nc3ccc(F)c(Br)c3)ncnc2cn1)Cc1[nH]cnc1[N+](=O)[O-]. The van der Waals surface area contributed by atoms with Gasteiger partial charge in [-0.2, -0.15) is 0 Å². The predicted molar refractivity (Wildman–Crippen MR) is 138 cm³/mol. The van der Waals surface area contributed by atoms with Crippen LogP contribution in [0.2, 0.25) is 0 Å². The zero-order valence-corrected chi connectivity index (χ0v) is 21.4. The fraction of sp³-hybridized carbons (Fsp3) is 0.174. The molecule has 190 valence electrons. The van der Waals surface area contributed by atoms with Crippen LogP contribution in [0, 0.1) is 15.9 Å². The Morgan fingerprint density at radius 3 is 2.81 bits per heavy atom. The van der Waals surface area contributed by atoms with Crippen LogP contribution in [0.15, 0.2) is 59.7 Å². The molecule has 4 aromatic rings. The van der Waals surface area contributed by atoms with Crippen molar-refractivity contribution in [1.29, 1.82) is 0 Å². The third-order valence-corrected chi connectivity index (χ3v) is 5.89. The molecule has 0 spiro atoms. The molecule has 3 aromatic heterocycles. The number of hydrogen-bond acceptors (Lipinski definition) is 8. The number of rotatable bonds is 9. The van der Waals surface area contributed by atoms with Crippen LogP contribution < -0.4 is 10.6 Å². The van der Waals surface area contributed by atoms with E-state index in [9.17, 15) is 19.3 Å². The molecule has 3 N–H and O–H groups in total. The first-order valence-corrected chi connectivity index (χ1v) is 11.7. The molecule has 0 atom stereocenters. The summed E-state index contributed by atoms with van der Waals surface area (Å²) >= 11 is 3.16. The number of pyridine rings is 1. The Morgan fingerprint density at radius 2 is 2.05 bits per heavy atom. The first-order chi connectivity index (χ1) is 17.6. The molecule has 0 aliphatic rings. The molecule has 4 rings (SSSR count). The van der Waals surface area contributed by atoms with E-state index in [2.05, 4.69) is 51.5 Å². The number of aromatic nitrogens is 5. The summed E-state index contributed by atoms with van der Waals surface area (Å²) in [5.41, 5.74) is 1.58. The Bertz CT molecular complexity index is 1510. The van der Waals surface area contributed by atoms with E-state index in [1.165, 1.54) is 31.0 Å². The van der Waals surface area contributed by atoms with Gasteiger partial charge in [0.2, 0.25) is 12.2 Å². The maximum atomic E-state index is 13.6. The molecule has 0 bridgehead atoms. The third-order valence-electron chi connectivity index (χ3n) is 5.28. The average Bonchev–Trinajstić information content (AvgIpc) is 3.29. The molecule has 14 heteroatoms. The van der Waals surface area contributed by atoms with E-state index in [-0.39, 0.29) is 11.6 Å². The molecule has 0 saturated heterocycles. The maximum absolute atomic E-state index is 13.6. The minimum Gasteiger partial charge on any atom is -0.358 e. The normalized spacial score (nSPS) is 11.7. The summed E-state index contributed by atoms with van der Waals surface area (Å²) in [7, 11) is 3.76. The number of likely N-dealkylation sites (N-methyl/N-ethyl adjacent to an activating group) is 1. The van der Waals surface area contributed by atoms with Crippen molar-refractivity contribution < 1.29 is 18.6 Å².